The van der Waals surface area contributed by atoms with E-state index in [1.54, 1.807) is 6.33 Å². The third-order valence-electron chi connectivity index (χ3n) is 5.88. The predicted octanol–water partition coefficient (Wildman–Crippen LogP) is 4.11. The van der Waals surface area contributed by atoms with Crippen LogP contribution in [0.1, 0.15) is 38.5 Å². The summed E-state index contributed by atoms with van der Waals surface area (Å²) >= 11 is 0. The molecule has 0 amide bonds. The van der Waals surface area contributed by atoms with Crippen LogP contribution in [0.2, 0.25) is 0 Å². The number of benzene rings is 1. The number of hydrogen-bond acceptors (Lipinski definition) is 6. The molecule has 28 heavy (non-hydrogen) atoms. The Bertz CT molecular complexity index is 731. The van der Waals surface area contributed by atoms with Crippen molar-refractivity contribution >= 4 is 23.0 Å². The van der Waals surface area contributed by atoms with Gasteiger partial charge in [0.1, 0.15) is 18.0 Å². The van der Waals surface area contributed by atoms with Crippen LogP contribution in [-0.4, -0.2) is 54.1 Å². The van der Waals surface area contributed by atoms with E-state index in [0.29, 0.717) is 6.04 Å². The molecule has 6 nitrogen and oxygen atoms in total. The van der Waals surface area contributed by atoms with Crippen molar-refractivity contribution < 1.29 is 0 Å². The molecule has 1 saturated carbocycles. The summed E-state index contributed by atoms with van der Waals surface area (Å²) in [6.07, 6.45) is 9.46. The quantitative estimate of drug-likeness (QED) is 0.762. The van der Waals surface area contributed by atoms with Gasteiger partial charge in [-0.25, -0.2) is 9.97 Å². The fourth-order valence-corrected chi connectivity index (χ4v) is 4.11. The van der Waals surface area contributed by atoms with Crippen LogP contribution in [0.25, 0.3) is 0 Å². The van der Waals surface area contributed by atoms with Crippen molar-refractivity contribution in [2.75, 3.05) is 48.8 Å². The smallest absolute Gasteiger partial charge is 0.135 e. The highest BCUT2D eigenvalue weighted by Gasteiger charge is 2.14. The zero-order chi connectivity index (χ0) is 19.2. The average Bonchev–Trinajstić information content (AvgIpc) is 2.98. The van der Waals surface area contributed by atoms with E-state index in [9.17, 15) is 0 Å². The van der Waals surface area contributed by atoms with E-state index in [-0.39, 0.29) is 0 Å². The molecule has 2 aromatic rings. The van der Waals surface area contributed by atoms with Gasteiger partial charge < -0.3 is 20.4 Å². The summed E-state index contributed by atoms with van der Waals surface area (Å²) in [6.45, 7) is 4.42. The van der Waals surface area contributed by atoms with E-state index in [1.807, 2.05) is 6.07 Å². The lowest BCUT2D eigenvalue weighted by molar-refractivity contribution is 0.313. The largest absolute Gasteiger partial charge is 0.369 e. The van der Waals surface area contributed by atoms with E-state index in [1.165, 1.54) is 44.2 Å². The normalized spacial score (nSPS) is 19.2. The second kappa shape index (κ2) is 9.24. The molecule has 1 aliphatic carbocycles. The monoisotopic (exact) mass is 380 g/mol. The minimum atomic E-state index is 0.535. The maximum Gasteiger partial charge on any atom is 0.135 e. The lowest BCUT2D eigenvalue weighted by atomic mass is 10.1. The van der Waals surface area contributed by atoms with Crippen LogP contribution in [-0.2, 0) is 0 Å². The minimum Gasteiger partial charge on any atom is -0.369 e. The molecule has 150 valence electrons. The zero-order valence-electron chi connectivity index (χ0n) is 16.9. The molecule has 2 aliphatic rings. The standard InChI is InChI=1S/C22H32N6/c1-27-12-14-28(15-13-27)20-10-8-19(9-11-20)26-22-16-21(23-17-24-22)25-18-6-4-2-3-5-7-18/h8-11,16-18H,2-7,12-15H2,1H3,(H2,23,24,25,26). The Morgan fingerprint density at radius 2 is 1.54 bits per heavy atom. The Hall–Kier alpha value is -2.34. The fourth-order valence-electron chi connectivity index (χ4n) is 4.11. The number of anilines is 4. The van der Waals surface area contributed by atoms with E-state index in [0.717, 1.165) is 43.5 Å². The predicted molar refractivity (Wildman–Crippen MR) is 117 cm³/mol. The average molecular weight is 381 g/mol. The second-order valence-electron chi connectivity index (χ2n) is 8.08. The third kappa shape index (κ3) is 5.13. The molecule has 0 spiro atoms. The van der Waals surface area contributed by atoms with Gasteiger partial charge in [-0.15, -0.1) is 0 Å². The Kier molecular flexibility index (Phi) is 6.27. The van der Waals surface area contributed by atoms with Crippen LogP contribution >= 0.6 is 0 Å². The van der Waals surface area contributed by atoms with Crippen LogP contribution in [0.4, 0.5) is 23.0 Å². The summed E-state index contributed by atoms with van der Waals surface area (Å²) in [7, 11) is 2.19. The molecular formula is C22H32N6. The van der Waals surface area contributed by atoms with Crippen LogP contribution in [0.5, 0.6) is 0 Å². The first-order chi connectivity index (χ1) is 13.8. The van der Waals surface area contributed by atoms with Crippen LogP contribution < -0.4 is 15.5 Å². The first-order valence-electron chi connectivity index (χ1n) is 10.7. The van der Waals surface area contributed by atoms with Crippen LogP contribution in [0.15, 0.2) is 36.7 Å². The molecule has 0 radical (unpaired) electrons. The van der Waals surface area contributed by atoms with E-state index in [4.69, 9.17) is 0 Å². The number of rotatable bonds is 5. The molecule has 1 saturated heterocycles. The molecule has 4 rings (SSSR count). The molecule has 2 heterocycles. The van der Waals surface area contributed by atoms with Crippen molar-refractivity contribution in [1.82, 2.24) is 14.9 Å². The number of nitrogens with one attached hydrogen (secondary N) is 2. The number of likely N-dealkylation sites (N-methyl/N-ethyl adjacent to an activating group) is 1. The second-order valence-corrected chi connectivity index (χ2v) is 8.08. The first kappa shape index (κ1) is 19.0. The maximum absolute atomic E-state index is 4.41. The summed E-state index contributed by atoms with van der Waals surface area (Å²) < 4.78 is 0. The molecule has 6 heteroatoms. The minimum absolute atomic E-state index is 0.535. The third-order valence-corrected chi connectivity index (χ3v) is 5.88. The number of aromatic nitrogens is 2. The SMILES string of the molecule is CN1CCN(c2ccc(Nc3cc(NC4CCCCCC4)ncn3)cc2)CC1. The summed E-state index contributed by atoms with van der Waals surface area (Å²) in [5.74, 6) is 1.75. The Morgan fingerprint density at radius 1 is 0.857 bits per heavy atom. The highest BCUT2D eigenvalue weighted by molar-refractivity contribution is 5.62. The summed E-state index contributed by atoms with van der Waals surface area (Å²) in [5.41, 5.74) is 2.34. The van der Waals surface area contributed by atoms with Crippen LogP contribution in [0.3, 0.4) is 0 Å². The highest BCUT2D eigenvalue weighted by atomic mass is 15.2. The Labute approximate surface area is 168 Å². The highest BCUT2D eigenvalue weighted by Crippen LogP contribution is 2.24. The van der Waals surface area contributed by atoms with E-state index >= 15 is 0 Å². The van der Waals surface area contributed by atoms with Crippen molar-refractivity contribution in [1.29, 1.82) is 0 Å². The zero-order valence-corrected chi connectivity index (χ0v) is 16.9. The summed E-state index contributed by atoms with van der Waals surface area (Å²) in [5, 5.41) is 7.01. The fraction of sp³-hybridized carbons (Fsp3) is 0.545. The maximum atomic E-state index is 4.41. The van der Waals surface area contributed by atoms with Crippen molar-refractivity contribution in [3.05, 3.63) is 36.7 Å². The lowest BCUT2D eigenvalue weighted by Crippen LogP contribution is -2.44. The molecular weight excluding hydrogens is 348 g/mol. The first-order valence-corrected chi connectivity index (χ1v) is 10.7. The van der Waals surface area contributed by atoms with Gasteiger partial charge >= 0.3 is 0 Å². The van der Waals surface area contributed by atoms with E-state index in [2.05, 4.69) is 61.7 Å². The van der Waals surface area contributed by atoms with Gasteiger partial charge in [0, 0.05) is 49.7 Å². The number of hydrogen-bond donors (Lipinski definition) is 2. The lowest BCUT2D eigenvalue weighted by Gasteiger charge is -2.34. The van der Waals surface area contributed by atoms with Gasteiger partial charge in [-0.2, -0.15) is 0 Å². The Balaban J connectivity index is 1.36. The number of piperazine rings is 1. The van der Waals surface area contributed by atoms with Gasteiger partial charge in [-0.05, 0) is 44.2 Å². The molecule has 0 unspecified atom stereocenters. The summed E-state index contributed by atoms with van der Waals surface area (Å²) in [6, 6.07) is 11.2. The van der Waals surface area contributed by atoms with Gasteiger partial charge in [0.25, 0.3) is 0 Å². The van der Waals surface area contributed by atoms with Gasteiger partial charge in [0.2, 0.25) is 0 Å². The molecule has 0 atom stereocenters. The van der Waals surface area contributed by atoms with Crippen molar-refractivity contribution in [2.45, 2.75) is 44.6 Å². The van der Waals surface area contributed by atoms with Crippen LogP contribution in [0, 0.1) is 0 Å². The van der Waals surface area contributed by atoms with Crippen molar-refractivity contribution in [3.63, 3.8) is 0 Å². The number of nitrogens with zero attached hydrogens (tertiary/aromatic N) is 4. The molecule has 2 fully saturated rings. The van der Waals surface area contributed by atoms with Gasteiger partial charge in [0.05, 0.1) is 0 Å². The van der Waals surface area contributed by atoms with E-state index < -0.39 is 0 Å². The molecule has 0 bridgehead atoms. The molecule has 2 N–H and O–H groups in total. The van der Waals surface area contributed by atoms with Crippen molar-refractivity contribution in [3.8, 4) is 0 Å². The molecule has 1 aromatic heterocycles. The molecule has 1 aliphatic heterocycles. The van der Waals surface area contributed by atoms with Crippen molar-refractivity contribution in [2.24, 2.45) is 0 Å². The van der Waals surface area contributed by atoms with Gasteiger partial charge in [-0.3, -0.25) is 0 Å². The Morgan fingerprint density at radius 3 is 2.25 bits per heavy atom. The van der Waals surface area contributed by atoms with Gasteiger partial charge in [-0.1, -0.05) is 25.7 Å². The molecule has 1 aromatic carbocycles. The summed E-state index contributed by atoms with van der Waals surface area (Å²) in [4.78, 5) is 13.6. The van der Waals surface area contributed by atoms with Gasteiger partial charge in [0.15, 0.2) is 0 Å². The topological polar surface area (TPSA) is 56.3 Å².